The zero-order valence-electron chi connectivity index (χ0n) is 9.06. The van der Waals surface area contributed by atoms with E-state index < -0.39 is 0 Å². The standard InChI is InChI=1S/C10H14N4O2/c1-14(6-8-11-4-5-12-8)10(16)7-2-3-9(15)13-7/h4-5,7H,2-3,6H2,1H3,(H,11,12)(H,13,15). The third kappa shape index (κ3) is 2.21. The van der Waals surface area contributed by atoms with Crippen molar-refractivity contribution in [2.75, 3.05) is 7.05 Å². The van der Waals surface area contributed by atoms with E-state index in [1.807, 2.05) is 0 Å². The summed E-state index contributed by atoms with van der Waals surface area (Å²) in [4.78, 5) is 31.4. The average Bonchev–Trinajstić information content (AvgIpc) is 2.88. The van der Waals surface area contributed by atoms with Crippen LogP contribution in [0.1, 0.15) is 18.7 Å². The Kier molecular flexibility index (Phi) is 2.89. The van der Waals surface area contributed by atoms with Crippen LogP contribution >= 0.6 is 0 Å². The number of carbonyl (C=O) groups excluding carboxylic acids is 2. The fraction of sp³-hybridized carbons (Fsp3) is 0.500. The van der Waals surface area contributed by atoms with Crippen molar-refractivity contribution in [3.8, 4) is 0 Å². The number of hydrogen-bond donors (Lipinski definition) is 2. The summed E-state index contributed by atoms with van der Waals surface area (Å²) in [6.45, 7) is 0.429. The first-order valence-electron chi connectivity index (χ1n) is 5.19. The van der Waals surface area contributed by atoms with Crippen molar-refractivity contribution in [3.63, 3.8) is 0 Å². The molecule has 1 atom stereocenters. The van der Waals surface area contributed by atoms with Gasteiger partial charge in [-0.3, -0.25) is 9.59 Å². The summed E-state index contributed by atoms with van der Waals surface area (Å²) in [5.41, 5.74) is 0. The van der Waals surface area contributed by atoms with Gasteiger partial charge in [0.05, 0.1) is 6.54 Å². The Morgan fingerprint density at radius 3 is 3.06 bits per heavy atom. The van der Waals surface area contributed by atoms with Gasteiger partial charge in [0, 0.05) is 25.9 Å². The van der Waals surface area contributed by atoms with Crippen LogP contribution in [0.3, 0.4) is 0 Å². The third-order valence-corrected chi connectivity index (χ3v) is 2.61. The third-order valence-electron chi connectivity index (χ3n) is 2.61. The molecule has 1 saturated heterocycles. The minimum absolute atomic E-state index is 0.0512. The lowest BCUT2D eigenvalue weighted by Crippen LogP contribution is -2.42. The molecular formula is C10H14N4O2. The molecule has 0 aliphatic carbocycles. The highest BCUT2D eigenvalue weighted by Crippen LogP contribution is 2.10. The lowest BCUT2D eigenvalue weighted by Gasteiger charge is -2.19. The van der Waals surface area contributed by atoms with Crippen molar-refractivity contribution in [1.29, 1.82) is 0 Å². The number of aromatic amines is 1. The fourth-order valence-electron chi connectivity index (χ4n) is 1.75. The molecule has 0 bridgehead atoms. The molecule has 0 radical (unpaired) electrons. The molecular weight excluding hydrogens is 208 g/mol. The number of imidazole rings is 1. The molecule has 6 heteroatoms. The summed E-state index contributed by atoms with van der Waals surface area (Å²) in [5.74, 6) is 0.618. The fourth-order valence-corrected chi connectivity index (χ4v) is 1.75. The number of hydrogen-bond acceptors (Lipinski definition) is 3. The second-order valence-electron chi connectivity index (χ2n) is 3.89. The highest BCUT2D eigenvalue weighted by atomic mass is 16.2. The topological polar surface area (TPSA) is 78.1 Å². The van der Waals surface area contributed by atoms with Crippen LogP contribution < -0.4 is 5.32 Å². The summed E-state index contributed by atoms with van der Waals surface area (Å²) >= 11 is 0. The van der Waals surface area contributed by atoms with Crippen molar-refractivity contribution in [1.82, 2.24) is 20.2 Å². The number of carbonyl (C=O) groups is 2. The maximum Gasteiger partial charge on any atom is 0.245 e. The van der Waals surface area contributed by atoms with Crippen molar-refractivity contribution >= 4 is 11.8 Å². The van der Waals surface area contributed by atoms with E-state index >= 15 is 0 Å². The van der Waals surface area contributed by atoms with Crippen LogP contribution in [0.4, 0.5) is 0 Å². The zero-order chi connectivity index (χ0) is 11.5. The number of nitrogens with zero attached hydrogens (tertiary/aromatic N) is 2. The average molecular weight is 222 g/mol. The van der Waals surface area contributed by atoms with Crippen molar-refractivity contribution < 1.29 is 9.59 Å². The molecule has 1 aromatic heterocycles. The molecule has 1 aromatic rings. The van der Waals surface area contributed by atoms with Gasteiger partial charge in [0.15, 0.2) is 0 Å². The van der Waals surface area contributed by atoms with Crippen LogP contribution in [-0.2, 0) is 16.1 Å². The van der Waals surface area contributed by atoms with Crippen LogP contribution in [0.2, 0.25) is 0 Å². The number of likely N-dealkylation sites (N-methyl/N-ethyl adjacent to an activating group) is 1. The van der Waals surface area contributed by atoms with Gasteiger partial charge in [-0.1, -0.05) is 0 Å². The Morgan fingerprint density at radius 1 is 1.69 bits per heavy atom. The van der Waals surface area contributed by atoms with E-state index in [-0.39, 0.29) is 17.9 Å². The molecule has 86 valence electrons. The second kappa shape index (κ2) is 4.34. The van der Waals surface area contributed by atoms with E-state index in [4.69, 9.17) is 0 Å². The summed E-state index contributed by atoms with van der Waals surface area (Å²) in [7, 11) is 1.70. The summed E-state index contributed by atoms with van der Waals surface area (Å²) in [6, 6.07) is -0.368. The first-order valence-corrected chi connectivity index (χ1v) is 5.19. The number of rotatable bonds is 3. The highest BCUT2D eigenvalue weighted by molar-refractivity contribution is 5.90. The minimum atomic E-state index is -0.368. The van der Waals surface area contributed by atoms with Gasteiger partial charge in [-0.25, -0.2) is 4.98 Å². The normalized spacial score (nSPS) is 19.6. The molecule has 1 aliphatic rings. The smallest absolute Gasteiger partial charge is 0.245 e. The summed E-state index contributed by atoms with van der Waals surface area (Å²) < 4.78 is 0. The maximum absolute atomic E-state index is 11.9. The van der Waals surface area contributed by atoms with Gasteiger partial charge in [0.1, 0.15) is 11.9 Å². The van der Waals surface area contributed by atoms with Gasteiger partial charge in [0.2, 0.25) is 11.8 Å². The number of aromatic nitrogens is 2. The second-order valence-corrected chi connectivity index (χ2v) is 3.89. The molecule has 1 fully saturated rings. The van der Waals surface area contributed by atoms with Gasteiger partial charge in [-0.15, -0.1) is 0 Å². The van der Waals surface area contributed by atoms with Gasteiger partial charge in [-0.2, -0.15) is 0 Å². The van der Waals surface area contributed by atoms with E-state index in [1.54, 1.807) is 24.3 Å². The van der Waals surface area contributed by atoms with E-state index in [0.29, 0.717) is 19.4 Å². The van der Waals surface area contributed by atoms with E-state index in [0.717, 1.165) is 5.82 Å². The molecule has 2 heterocycles. The SMILES string of the molecule is CN(Cc1ncc[nH]1)C(=O)C1CCC(=O)N1. The highest BCUT2D eigenvalue weighted by Gasteiger charge is 2.29. The van der Waals surface area contributed by atoms with Crippen LogP contribution in [0.5, 0.6) is 0 Å². The van der Waals surface area contributed by atoms with Gasteiger partial charge in [0.25, 0.3) is 0 Å². The predicted octanol–water partition coefficient (Wildman–Crippen LogP) is -0.353. The molecule has 2 rings (SSSR count). The molecule has 2 N–H and O–H groups in total. The van der Waals surface area contributed by atoms with Crippen molar-refractivity contribution in [2.24, 2.45) is 0 Å². The molecule has 0 aromatic carbocycles. The molecule has 1 aliphatic heterocycles. The number of nitrogens with one attached hydrogen (secondary N) is 2. The van der Waals surface area contributed by atoms with E-state index in [9.17, 15) is 9.59 Å². The Labute approximate surface area is 93.0 Å². The largest absolute Gasteiger partial charge is 0.347 e. The monoisotopic (exact) mass is 222 g/mol. The van der Waals surface area contributed by atoms with Gasteiger partial charge >= 0.3 is 0 Å². The van der Waals surface area contributed by atoms with Crippen LogP contribution in [0.25, 0.3) is 0 Å². The predicted molar refractivity (Wildman–Crippen MR) is 56.2 cm³/mol. The summed E-state index contributed by atoms with van der Waals surface area (Å²) in [5, 5.41) is 2.65. The number of amides is 2. The molecule has 6 nitrogen and oxygen atoms in total. The van der Waals surface area contributed by atoms with Gasteiger partial charge < -0.3 is 15.2 Å². The Hall–Kier alpha value is -1.85. The van der Waals surface area contributed by atoms with E-state index in [2.05, 4.69) is 15.3 Å². The molecule has 2 amide bonds. The van der Waals surface area contributed by atoms with Crippen molar-refractivity contribution in [3.05, 3.63) is 18.2 Å². The Bertz CT molecular complexity index is 388. The van der Waals surface area contributed by atoms with Crippen LogP contribution in [-0.4, -0.2) is 39.8 Å². The first-order chi connectivity index (χ1) is 7.66. The molecule has 1 unspecified atom stereocenters. The van der Waals surface area contributed by atoms with Gasteiger partial charge in [-0.05, 0) is 6.42 Å². The lowest BCUT2D eigenvalue weighted by atomic mass is 10.2. The number of H-pyrrole nitrogens is 1. The quantitative estimate of drug-likeness (QED) is 0.733. The van der Waals surface area contributed by atoms with Crippen LogP contribution in [0.15, 0.2) is 12.4 Å². The first kappa shape index (κ1) is 10.7. The molecule has 0 saturated carbocycles. The lowest BCUT2D eigenvalue weighted by molar-refractivity contribution is -0.133. The Balaban J connectivity index is 1.92. The Morgan fingerprint density at radius 2 is 2.50 bits per heavy atom. The maximum atomic E-state index is 11.9. The summed E-state index contributed by atoms with van der Waals surface area (Å²) in [6.07, 6.45) is 4.38. The molecule has 0 spiro atoms. The van der Waals surface area contributed by atoms with E-state index in [1.165, 1.54) is 0 Å². The zero-order valence-corrected chi connectivity index (χ0v) is 9.06. The minimum Gasteiger partial charge on any atom is -0.347 e. The van der Waals surface area contributed by atoms with Crippen molar-refractivity contribution in [2.45, 2.75) is 25.4 Å². The molecule has 16 heavy (non-hydrogen) atoms. The van der Waals surface area contributed by atoms with Crippen LogP contribution in [0, 0.1) is 0 Å².